The first-order chi connectivity index (χ1) is 7.63. The fourth-order valence-corrected chi connectivity index (χ4v) is 2.08. The van der Waals surface area contributed by atoms with Crippen molar-refractivity contribution in [2.75, 3.05) is 7.11 Å². The molecule has 0 bridgehead atoms. The van der Waals surface area contributed by atoms with Gasteiger partial charge in [0.1, 0.15) is 16.6 Å². The maximum absolute atomic E-state index is 11.1. The Kier molecular flexibility index (Phi) is 2.88. The highest BCUT2D eigenvalue weighted by Crippen LogP contribution is 2.37. The van der Waals surface area contributed by atoms with E-state index in [-0.39, 0.29) is 5.78 Å². The van der Waals surface area contributed by atoms with Gasteiger partial charge in [0.15, 0.2) is 5.58 Å². The van der Waals surface area contributed by atoms with E-state index in [2.05, 4.69) is 0 Å². The van der Waals surface area contributed by atoms with Crippen LogP contribution in [0.4, 0.5) is 0 Å². The summed E-state index contributed by atoms with van der Waals surface area (Å²) in [5, 5.41) is 1.29. The zero-order valence-corrected chi connectivity index (χ0v) is 9.80. The Balaban J connectivity index is 2.66. The van der Waals surface area contributed by atoms with Crippen molar-refractivity contribution in [2.24, 2.45) is 0 Å². The number of carbonyl (C=O) groups is 1. The second-order valence-corrected chi connectivity index (χ2v) is 3.98. The molecule has 1 aromatic heterocycles. The van der Waals surface area contributed by atoms with E-state index >= 15 is 0 Å². The standard InChI is InChI=1S/C12H11ClO3/c1-7(14)5-9-6-8-3-4-16-12(8)10(13)11(9)15-2/h3-4,6H,5H2,1-2H3. The number of Topliss-reactive ketones (excluding diaryl/α,β-unsaturated/α-hetero) is 1. The number of halogens is 1. The van der Waals surface area contributed by atoms with Crippen molar-refractivity contribution in [3.63, 3.8) is 0 Å². The third-order valence-corrected chi connectivity index (χ3v) is 2.70. The third kappa shape index (κ3) is 1.78. The predicted octanol–water partition coefficient (Wildman–Crippen LogP) is 3.23. The second kappa shape index (κ2) is 4.18. The van der Waals surface area contributed by atoms with Crippen LogP contribution in [0.1, 0.15) is 12.5 Å². The van der Waals surface area contributed by atoms with E-state index in [0.717, 1.165) is 10.9 Å². The van der Waals surface area contributed by atoms with Gasteiger partial charge in [-0.2, -0.15) is 0 Å². The van der Waals surface area contributed by atoms with Crippen LogP contribution in [0.5, 0.6) is 5.75 Å². The fraction of sp³-hybridized carbons (Fsp3) is 0.250. The summed E-state index contributed by atoms with van der Waals surface area (Å²) in [6.07, 6.45) is 1.87. The minimum Gasteiger partial charge on any atom is -0.495 e. The van der Waals surface area contributed by atoms with Gasteiger partial charge >= 0.3 is 0 Å². The number of ketones is 1. The molecule has 0 atom stereocenters. The zero-order chi connectivity index (χ0) is 11.7. The zero-order valence-electron chi connectivity index (χ0n) is 9.04. The van der Waals surface area contributed by atoms with Crippen LogP contribution in [0.25, 0.3) is 11.0 Å². The van der Waals surface area contributed by atoms with Crippen molar-refractivity contribution >= 4 is 28.4 Å². The Morgan fingerprint density at radius 2 is 2.31 bits per heavy atom. The smallest absolute Gasteiger partial charge is 0.156 e. The molecular formula is C12H11ClO3. The quantitative estimate of drug-likeness (QED) is 0.824. The molecule has 0 saturated carbocycles. The van der Waals surface area contributed by atoms with Crippen molar-refractivity contribution in [1.82, 2.24) is 0 Å². The van der Waals surface area contributed by atoms with Gasteiger partial charge < -0.3 is 9.15 Å². The molecule has 0 amide bonds. The number of hydrogen-bond acceptors (Lipinski definition) is 3. The minimum atomic E-state index is 0.0669. The molecule has 0 fully saturated rings. The van der Waals surface area contributed by atoms with Crippen molar-refractivity contribution in [1.29, 1.82) is 0 Å². The number of furan rings is 1. The number of hydrogen-bond donors (Lipinski definition) is 0. The van der Waals surface area contributed by atoms with Crippen LogP contribution < -0.4 is 4.74 Å². The maximum Gasteiger partial charge on any atom is 0.156 e. The lowest BCUT2D eigenvalue weighted by Crippen LogP contribution is -2.00. The molecule has 0 unspecified atom stereocenters. The maximum atomic E-state index is 11.1. The summed E-state index contributed by atoms with van der Waals surface area (Å²) in [6, 6.07) is 3.68. The monoisotopic (exact) mass is 238 g/mol. The van der Waals surface area contributed by atoms with Crippen LogP contribution in [0, 0.1) is 0 Å². The molecule has 0 saturated heterocycles. The van der Waals surface area contributed by atoms with Gasteiger partial charge in [-0.25, -0.2) is 0 Å². The molecule has 2 rings (SSSR count). The molecular weight excluding hydrogens is 228 g/mol. The number of benzene rings is 1. The van der Waals surface area contributed by atoms with E-state index in [1.807, 2.05) is 12.1 Å². The average Bonchev–Trinajstić information content (AvgIpc) is 2.65. The molecule has 0 radical (unpaired) electrons. The Bertz CT molecular complexity index is 542. The van der Waals surface area contributed by atoms with Crippen LogP contribution in [-0.2, 0) is 11.2 Å². The predicted molar refractivity (Wildman–Crippen MR) is 62.2 cm³/mol. The SMILES string of the molecule is COc1c(CC(C)=O)cc2ccoc2c1Cl. The van der Waals surface area contributed by atoms with E-state index in [9.17, 15) is 4.79 Å². The molecule has 0 aliphatic carbocycles. The van der Waals surface area contributed by atoms with Gasteiger partial charge in [-0.05, 0) is 19.1 Å². The molecule has 0 aliphatic rings. The molecule has 3 nitrogen and oxygen atoms in total. The van der Waals surface area contributed by atoms with Crippen LogP contribution in [0.2, 0.25) is 5.02 Å². The second-order valence-electron chi connectivity index (χ2n) is 3.60. The molecule has 0 aliphatic heterocycles. The highest BCUT2D eigenvalue weighted by atomic mass is 35.5. The van der Waals surface area contributed by atoms with Gasteiger partial charge in [0.2, 0.25) is 0 Å². The molecule has 1 heterocycles. The fourth-order valence-electron chi connectivity index (χ4n) is 1.73. The van der Waals surface area contributed by atoms with E-state index in [1.165, 1.54) is 14.0 Å². The number of rotatable bonds is 3. The average molecular weight is 239 g/mol. The molecule has 16 heavy (non-hydrogen) atoms. The number of methoxy groups -OCH3 is 1. The third-order valence-electron chi connectivity index (χ3n) is 2.36. The van der Waals surface area contributed by atoms with Crippen LogP contribution >= 0.6 is 11.6 Å². The van der Waals surface area contributed by atoms with Crippen LogP contribution in [0.3, 0.4) is 0 Å². The van der Waals surface area contributed by atoms with Gasteiger partial charge in [0.25, 0.3) is 0 Å². The number of fused-ring (bicyclic) bond motifs is 1. The highest BCUT2D eigenvalue weighted by Gasteiger charge is 2.15. The number of carbonyl (C=O) groups excluding carboxylic acids is 1. The lowest BCUT2D eigenvalue weighted by atomic mass is 10.1. The van der Waals surface area contributed by atoms with Gasteiger partial charge in [-0.3, -0.25) is 4.79 Å². The first kappa shape index (κ1) is 11.0. The summed E-state index contributed by atoms with van der Waals surface area (Å²) < 4.78 is 10.5. The summed E-state index contributed by atoms with van der Waals surface area (Å²) in [4.78, 5) is 11.1. The van der Waals surface area contributed by atoms with Crippen molar-refractivity contribution in [2.45, 2.75) is 13.3 Å². The van der Waals surface area contributed by atoms with Gasteiger partial charge in [-0.15, -0.1) is 0 Å². The van der Waals surface area contributed by atoms with Crippen LogP contribution in [-0.4, -0.2) is 12.9 Å². The summed E-state index contributed by atoms with van der Waals surface area (Å²) in [5.74, 6) is 0.580. The Morgan fingerprint density at radius 3 is 2.94 bits per heavy atom. The lowest BCUT2D eigenvalue weighted by molar-refractivity contribution is -0.116. The summed E-state index contributed by atoms with van der Waals surface area (Å²) >= 11 is 6.14. The topological polar surface area (TPSA) is 39.4 Å². The first-order valence-corrected chi connectivity index (χ1v) is 5.23. The van der Waals surface area contributed by atoms with Crippen molar-refractivity contribution < 1.29 is 13.9 Å². The van der Waals surface area contributed by atoms with Gasteiger partial charge in [-0.1, -0.05) is 11.6 Å². The summed E-state index contributed by atoms with van der Waals surface area (Å²) in [5.41, 5.74) is 1.37. The minimum absolute atomic E-state index is 0.0669. The van der Waals surface area contributed by atoms with E-state index < -0.39 is 0 Å². The molecule has 84 valence electrons. The normalized spacial score (nSPS) is 10.7. The molecule has 0 spiro atoms. The van der Waals surface area contributed by atoms with Crippen LogP contribution in [0.15, 0.2) is 22.8 Å². The first-order valence-electron chi connectivity index (χ1n) is 4.85. The van der Waals surface area contributed by atoms with E-state index in [4.69, 9.17) is 20.8 Å². The largest absolute Gasteiger partial charge is 0.495 e. The summed E-state index contributed by atoms with van der Waals surface area (Å²) in [6.45, 7) is 1.53. The Morgan fingerprint density at radius 1 is 1.56 bits per heavy atom. The Labute approximate surface area is 97.9 Å². The molecule has 0 N–H and O–H groups in total. The molecule has 2 aromatic rings. The molecule has 1 aromatic carbocycles. The summed E-state index contributed by atoms with van der Waals surface area (Å²) in [7, 11) is 1.53. The van der Waals surface area contributed by atoms with Gasteiger partial charge in [0, 0.05) is 17.4 Å². The number of ether oxygens (including phenoxy) is 1. The van der Waals surface area contributed by atoms with E-state index in [0.29, 0.717) is 22.8 Å². The Hall–Kier alpha value is -1.48. The van der Waals surface area contributed by atoms with Gasteiger partial charge in [0.05, 0.1) is 13.4 Å². The lowest BCUT2D eigenvalue weighted by Gasteiger charge is -2.09. The highest BCUT2D eigenvalue weighted by molar-refractivity contribution is 6.36. The molecule has 4 heteroatoms. The van der Waals surface area contributed by atoms with E-state index in [1.54, 1.807) is 6.26 Å². The van der Waals surface area contributed by atoms with Crippen molar-refractivity contribution in [3.8, 4) is 5.75 Å². The van der Waals surface area contributed by atoms with Crippen molar-refractivity contribution in [3.05, 3.63) is 29.0 Å².